The van der Waals surface area contributed by atoms with Gasteiger partial charge in [0.25, 0.3) is 0 Å². The molecule has 1 unspecified atom stereocenters. The lowest BCUT2D eigenvalue weighted by molar-refractivity contribution is 0.170. The smallest absolute Gasteiger partial charge is 0.0101 e. The zero-order chi connectivity index (χ0) is 17.5. The molecule has 0 saturated heterocycles. The molecule has 1 aromatic carbocycles. The Kier molecular flexibility index (Phi) is 7.30. The minimum Gasteiger partial charge on any atom is -0.299 e. The Labute approximate surface area is 149 Å². The summed E-state index contributed by atoms with van der Waals surface area (Å²) in [5, 5.41) is 0. The molecule has 0 radical (unpaired) electrons. The Bertz CT molecular complexity index is 543. The first-order chi connectivity index (χ1) is 11.5. The Morgan fingerprint density at radius 3 is 2.17 bits per heavy atom. The van der Waals surface area contributed by atoms with Crippen LogP contribution in [0.3, 0.4) is 0 Å². The van der Waals surface area contributed by atoms with Crippen LogP contribution in [0.15, 0.2) is 53.6 Å². The summed E-state index contributed by atoms with van der Waals surface area (Å²) in [6.07, 6.45) is 9.86. The predicted molar refractivity (Wildman–Crippen MR) is 106 cm³/mol. The third-order valence-corrected chi connectivity index (χ3v) is 5.26. The molecule has 0 heterocycles. The molecule has 0 spiro atoms. The highest BCUT2D eigenvalue weighted by molar-refractivity contribution is 5.41. The maximum absolute atomic E-state index is 2.62. The average molecular weight is 326 g/mol. The van der Waals surface area contributed by atoms with Crippen molar-refractivity contribution < 1.29 is 0 Å². The number of rotatable bonds is 7. The molecule has 0 bridgehead atoms. The van der Waals surface area contributed by atoms with Crippen molar-refractivity contribution >= 4 is 0 Å². The summed E-state index contributed by atoms with van der Waals surface area (Å²) in [5.74, 6) is 0.514. The van der Waals surface area contributed by atoms with E-state index in [1.807, 2.05) is 0 Å². The second-order valence-electron chi connectivity index (χ2n) is 7.65. The van der Waals surface area contributed by atoms with Crippen molar-refractivity contribution in [3.63, 3.8) is 0 Å². The van der Waals surface area contributed by atoms with Crippen molar-refractivity contribution in [2.45, 2.75) is 78.3 Å². The van der Waals surface area contributed by atoms with Gasteiger partial charge in [0, 0.05) is 18.0 Å². The van der Waals surface area contributed by atoms with E-state index in [0.29, 0.717) is 18.0 Å². The molecule has 1 aliphatic carbocycles. The van der Waals surface area contributed by atoms with Crippen LogP contribution < -0.4 is 0 Å². The van der Waals surface area contributed by atoms with Crippen LogP contribution in [0.2, 0.25) is 0 Å². The van der Waals surface area contributed by atoms with Gasteiger partial charge in [0.15, 0.2) is 0 Å². The van der Waals surface area contributed by atoms with Crippen molar-refractivity contribution in [1.82, 2.24) is 4.90 Å². The van der Waals surface area contributed by atoms with Crippen LogP contribution in [0, 0.1) is 0 Å². The highest BCUT2D eigenvalue weighted by Crippen LogP contribution is 2.35. The second kappa shape index (κ2) is 9.22. The van der Waals surface area contributed by atoms with Crippen LogP contribution >= 0.6 is 0 Å². The third-order valence-electron chi connectivity index (χ3n) is 5.26. The van der Waals surface area contributed by atoms with Gasteiger partial charge in [-0.1, -0.05) is 48.1 Å². The molecule has 1 heteroatoms. The first kappa shape index (κ1) is 19.0. The molecule has 1 aliphatic rings. The molecule has 0 saturated carbocycles. The van der Waals surface area contributed by atoms with E-state index < -0.39 is 0 Å². The highest BCUT2D eigenvalue weighted by atomic mass is 15.2. The molecule has 0 aliphatic heterocycles. The van der Waals surface area contributed by atoms with E-state index in [1.54, 1.807) is 5.57 Å². The van der Waals surface area contributed by atoms with E-state index in [1.165, 1.54) is 36.8 Å². The molecule has 1 aromatic rings. The van der Waals surface area contributed by atoms with Gasteiger partial charge in [0.05, 0.1) is 0 Å². The molecule has 24 heavy (non-hydrogen) atoms. The van der Waals surface area contributed by atoms with Crippen LogP contribution in [-0.2, 0) is 0 Å². The lowest BCUT2D eigenvalue weighted by Crippen LogP contribution is -2.38. The summed E-state index contributed by atoms with van der Waals surface area (Å²) in [5.41, 5.74) is 4.51. The second-order valence-corrected chi connectivity index (χ2v) is 7.65. The zero-order valence-corrected chi connectivity index (χ0v) is 16.3. The maximum Gasteiger partial charge on any atom is 0.0101 e. The molecular weight excluding hydrogens is 290 g/mol. The lowest BCUT2D eigenvalue weighted by Gasteiger charge is -2.33. The minimum absolute atomic E-state index is 0.514. The standard InChI is InChI=1S/C23H35N/c1-18(2)24(19(3)4)17-16-23(21-13-9-7-10-14-21)22-15-11-6-8-12-20(22)5/h7,9-10,12-15,18-19,23H,6,8,11,16-17H2,1-5H3. The van der Waals surface area contributed by atoms with Crippen molar-refractivity contribution in [2.75, 3.05) is 6.54 Å². The Balaban J connectivity index is 2.25. The van der Waals surface area contributed by atoms with E-state index >= 15 is 0 Å². The number of benzene rings is 1. The average Bonchev–Trinajstić information content (AvgIpc) is 2.76. The first-order valence-electron chi connectivity index (χ1n) is 9.68. The van der Waals surface area contributed by atoms with Gasteiger partial charge in [0.1, 0.15) is 0 Å². The molecule has 132 valence electrons. The Morgan fingerprint density at radius 2 is 1.54 bits per heavy atom. The number of nitrogens with zero attached hydrogens (tertiary/aromatic N) is 1. The fraction of sp³-hybridized carbons (Fsp3) is 0.565. The quantitative estimate of drug-likeness (QED) is 0.565. The zero-order valence-electron chi connectivity index (χ0n) is 16.3. The van der Waals surface area contributed by atoms with E-state index in [0.717, 1.165) is 6.54 Å². The molecule has 0 N–H and O–H groups in total. The Hall–Kier alpha value is -1.34. The summed E-state index contributed by atoms with van der Waals surface area (Å²) >= 11 is 0. The van der Waals surface area contributed by atoms with Crippen molar-refractivity contribution in [3.8, 4) is 0 Å². The van der Waals surface area contributed by atoms with Gasteiger partial charge in [-0.15, -0.1) is 0 Å². The van der Waals surface area contributed by atoms with Gasteiger partial charge in [-0.2, -0.15) is 0 Å². The lowest BCUT2D eigenvalue weighted by atomic mass is 9.84. The molecule has 2 rings (SSSR count). The van der Waals surface area contributed by atoms with Gasteiger partial charge in [-0.05, 0) is 78.0 Å². The van der Waals surface area contributed by atoms with Gasteiger partial charge in [-0.25, -0.2) is 0 Å². The first-order valence-corrected chi connectivity index (χ1v) is 9.68. The number of hydrogen-bond donors (Lipinski definition) is 0. The number of hydrogen-bond acceptors (Lipinski definition) is 1. The van der Waals surface area contributed by atoms with Gasteiger partial charge < -0.3 is 0 Å². The third kappa shape index (κ3) is 5.08. The fourth-order valence-electron chi connectivity index (χ4n) is 3.97. The largest absolute Gasteiger partial charge is 0.299 e. The summed E-state index contributed by atoms with van der Waals surface area (Å²) in [6.45, 7) is 12.7. The van der Waals surface area contributed by atoms with E-state index in [9.17, 15) is 0 Å². The number of allylic oxidation sites excluding steroid dienone is 4. The monoisotopic (exact) mass is 325 g/mol. The van der Waals surface area contributed by atoms with Crippen LogP contribution in [0.25, 0.3) is 0 Å². The summed E-state index contributed by atoms with van der Waals surface area (Å²) in [4.78, 5) is 2.62. The van der Waals surface area contributed by atoms with Crippen LogP contribution in [0.5, 0.6) is 0 Å². The Morgan fingerprint density at radius 1 is 0.917 bits per heavy atom. The van der Waals surface area contributed by atoms with Crippen LogP contribution in [0.4, 0.5) is 0 Å². The normalized spacial score (nSPS) is 17.0. The van der Waals surface area contributed by atoms with E-state index in [2.05, 4.69) is 82.0 Å². The van der Waals surface area contributed by atoms with Gasteiger partial charge in [0.2, 0.25) is 0 Å². The minimum atomic E-state index is 0.514. The van der Waals surface area contributed by atoms with Gasteiger partial charge >= 0.3 is 0 Å². The fourth-order valence-corrected chi connectivity index (χ4v) is 3.97. The van der Waals surface area contributed by atoms with Crippen molar-refractivity contribution in [1.29, 1.82) is 0 Å². The van der Waals surface area contributed by atoms with Crippen LogP contribution in [0.1, 0.15) is 71.8 Å². The SMILES string of the molecule is CC1=CCCCC=C1C(CCN(C(C)C)C(C)C)c1ccccc1. The van der Waals surface area contributed by atoms with Gasteiger partial charge in [-0.3, -0.25) is 4.90 Å². The molecule has 1 nitrogen and oxygen atoms in total. The summed E-state index contributed by atoms with van der Waals surface area (Å²) < 4.78 is 0. The molecule has 0 amide bonds. The summed E-state index contributed by atoms with van der Waals surface area (Å²) in [7, 11) is 0. The predicted octanol–water partition coefficient (Wildman–Crippen LogP) is 6.34. The summed E-state index contributed by atoms with van der Waals surface area (Å²) in [6, 6.07) is 12.3. The van der Waals surface area contributed by atoms with Crippen molar-refractivity contribution in [3.05, 3.63) is 59.2 Å². The highest BCUT2D eigenvalue weighted by Gasteiger charge is 2.21. The van der Waals surface area contributed by atoms with E-state index in [-0.39, 0.29) is 0 Å². The van der Waals surface area contributed by atoms with Crippen LogP contribution in [-0.4, -0.2) is 23.5 Å². The maximum atomic E-state index is 2.62. The molecule has 0 fully saturated rings. The molecule has 1 atom stereocenters. The van der Waals surface area contributed by atoms with Crippen molar-refractivity contribution in [2.24, 2.45) is 0 Å². The topological polar surface area (TPSA) is 3.24 Å². The molecule has 0 aromatic heterocycles. The van der Waals surface area contributed by atoms with E-state index in [4.69, 9.17) is 0 Å². The molecular formula is C23H35N.